The molecule has 0 spiro atoms. The van der Waals surface area contributed by atoms with Crippen LogP contribution in [0.5, 0.6) is 5.75 Å². The Balaban J connectivity index is 1.16. The van der Waals surface area contributed by atoms with Crippen LogP contribution in [0, 0.1) is 13.8 Å². The first-order valence-corrected chi connectivity index (χ1v) is 12.2. The molecule has 0 radical (unpaired) electrons. The molecule has 3 aromatic rings. The van der Waals surface area contributed by atoms with Crippen molar-refractivity contribution in [3.63, 3.8) is 0 Å². The molecule has 6 heteroatoms. The maximum absolute atomic E-state index is 12.6. The van der Waals surface area contributed by atoms with Crippen molar-refractivity contribution in [3.05, 3.63) is 89.0 Å². The maximum Gasteiger partial charge on any atom is 0.415 e. The summed E-state index contributed by atoms with van der Waals surface area (Å²) in [6.45, 7) is 8.32. The van der Waals surface area contributed by atoms with Gasteiger partial charge < -0.3 is 9.64 Å². The highest BCUT2D eigenvalue weighted by Gasteiger charge is 2.22. The largest absolute Gasteiger partial charge is 0.415 e. The van der Waals surface area contributed by atoms with Crippen molar-refractivity contribution < 1.29 is 9.53 Å². The Morgan fingerprint density at radius 2 is 1.65 bits per heavy atom. The third-order valence-corrected chi connectivity index (χ3v) is 6.28. The smallest absolute Gasteiger partial charge is 0.410 e. The molecule has 0 bridgehead atoms. The fourth-order valence-corrected chi connectivity index (χ4v) is 4.18. The van der Waals surface area contributed by atoms with Crippen LogP contribution in [0.1, 0.15) is 34.5 Å². The van der Waals surface area contributed by atoms with Gasteiger partial charge in [-0.05, 0) is 93.1 Å². The number of ether oxygens (including phenoxy) is 1. The van der Waals surface area contributed by atoms with Gasteiger partial charge >= 0.3 is 6.09 Å². The first kappa shape index (κ1) is 23.9. The Morgan fingerprint density at radius 1 is 0.853 bits per heavy atom. The van der Waals surface area contributed by atoms with Crippen LogP contribution in [0.2, 0.25) is 0 Å². The van der Waals surface area contributed by atoms with Crippen LogP contribution >= 0.6 is 0 Å². The van der Waals surface area contributed by atoms with Crippen LogP contribution in [0.3, 0.4) is 0 Å². The van der Waals surface area contributed by atoms with E-state index >= 15 is 0 Å². The van der Waals surface area contributed by atoms with Crippen LogP contribution in [0.15, 0.2) is 60.9 Å². The molecule has 4 rings (SSSR count). The highest BCUT2D eigenvalue weighted by molar-refractivity contribution is 5.70. The molecule has 0 atom stereocenters. The number of benzene rings is 1. The van der Waals surface area contributed by atoms with Crippen LogP contribution in [-0.4, -0.2) is 58.6 Å². The molecule has 0 unspecified atom stereocenters. The summed E-state index contributed by atoms with van der Waals surface area (Å²) in [6, 6.07) is 16.2. The summed E-state index contributed by atoms with van der Waals surface area (Å²) in [7, 11) is 0. The normalized spacial score (nSPS) is 14.2. The van der Waals surface area contributed by atoms with Crippen LogP contribution < -0.4 is 4.74 Å². The van der Waals surface area contributed by atoms with Gasteiger partial charge in [0.15, 0.2) is 0 Å². The predicted octanol–water partition coefficient (Wildman–Crippen LogP) is 4.63. The quantitative estimate of drug-likeness (QED) is 0.493. The molecular formula is C28H34N4O2. The van der Waals surface area contributed by atoms with Crippen LogP contribution in [0.25, 0.3) is 0 Å². The van der Waals surface area contributed by atoms with E-state index in [4.69, 9.17) is 4.74 Å². The van der Waals surface area contributed by atoms with Crippen molar-refractivity contribution in [2.24, 2.45) is 0 Å². The van der Waals surface area contributed by atoms with Gasteiger partial charge in [-0.2, -0.15) is 0 Å². The lowest BCUT2D eigenvalue weighted by Gasteiger charge is -2.34. The van der Waals surface area contributed by atoms with E-state index in [1.807, 2.05) is 42.7 Å². The number of amides is 1. The van der Waals surface area contributed by atoms with Gasteiger partial charge in [-0.1, -0.05) is 18.2 Å². The molecule has 0 N–H and O–H groups in total. The van der Waals surface area contributed by atoms with Crippen LogP contribution in [-0.2, 0) is 19.3 Å². The second kappa shape index (κ2) is 11.7. The van der Waals surface area contributed by atoms with Gasteiger partial charge in [0.25, 0.3) is 0 Å². The minimum Gasteiger partial charge on any atom is -0.410 e. The number of aromatic nitrogens is 2. The van der Waals surface area contributed by atoms with Gasteiger partial charge in [-0.25, -0.2) is 4.79 Å². The topological polar surface area (TPSA) is 58.6 Å². The SMILES string of the molecule is Cc1ccc(CCCN2CCN(C(=O)Oc3ccc(CCc4cc(C)ccn4)cc3)CC2)nc1. The summed E-state index contributed by atoms with van der Waals surface area (Å²) in [5, 5.41) is 0. The van der Waals surface area contributed by atoms with Gasteiger partial charge in [0.2, 0.25) is 0 Å². The fraction of sp³-hybridized carbons (Fsp3) is 0.393. The van der Waals surface area contributed by atoms with E-state index in [1.165, 1.54) is 16.7 Å². The Bertz CT molecular complexity index is 1060. The lowest BCUT2D eigenvalue weighted by Crippen LogP contribution is -2.49. The Kier molecular flexibility index (Phi) is 8.26. The molecule has 2 aromatic heterocycles. The zero-order chi connectivity index (χ0) is 23.8. The summed E-state index contributed by atoms with van der Waals surface area (Å²) >= 11 is 0. The minimum atomic E-state index is -0.264. The minimum absolute atomic E-state index is 0.264. The average Bonchev–Trinajstić information content (AvgIpc) is 2.85. The standard InChI is InChI=1S/C28H34N4O2/c1-22-13-14-29-26(20-22)10-6-24-7-11-27(12-8-24)34-28(33)32-18-16-31(17-19-32)15-3-4-25-9-5-23(2)21-30-25/h5,7-9,11-14,20-21H,3-4,6,10,15-19H2,1-2H3. The molecule has 34 heavy (non-hydrogen) atoms. The highest BCUT2D eigenvalue weighted by Crippen LogP contribution is 2.16. The number of piperazine rings is 1. The first-order valence-electron chi connectivity index (χ1n) is 12.2. The maximum atomic E-state index is 12.6. The van der Waals surface area contributed by atoms with Crippen molar-refractivity contribution in [2.75, 3.05) is 32.7 Å². The van der Waals surface area contributed by atoms with E-state index in [2.05, 4.69) is 46.9 Å². The summed E-state index contributed by atoms with van der Waals surface area (Å²) in [5.74, 6) is 0.593. The number of aryl methyl sites for hydroxylation is 5. The number of pyridine rings is 2. The number of nitrogens with zero attached hydrogens (tertiary/aromatic N) is 4. The highest BCUT2D eigenvalue weighted by atomic mass is 16.6. The second-order valence-electron chi connectivity index (χ2n) is 9.10. The molecule has 0 saturated carbocycles. The fourth-order valence-electron chi connectivity index (χ4n) is 4.18. The van der Waals surface area contributed by atoms with Gasteiger partial charge in [-0.15, -0.1) is 0 Å². The zero-order valence-electron chi connectivity index (χ0n) is 20.2. The third-order valence-electron chi connectivity index (χ3n) is 6.28. The Morgan fingerprint density at radius 3 is 2.35 bits per heavy atom. The zero-order valence-corrected chi connectivity index (χ0v) is 20.2. The summed E-state index contributed by atoms with van der Waals surface area (Å²) < 4.78 is 5.62. The van der Waals surface area contributed by atoms with Crippen molar-refractivity contribution in [2.45, 2.75) is 39.5 Å². The number of rotatable bonds is 8. The number of carbonyl (C=O) groups is 1. The van der Waals surface area contributed by atoms with Crippen molar-refractivity contribution in [1.82, 2.24) is 19.8 Å². The second-order valence-corrected chi connectivity index (χ2v) is 9.10. The molecule has 1 aliphatic heterocycles. The van der Waals surface area contributed by atoms with Crippen molar-refractivity contribution in [1.29, 1.82) is 0 Å². The molecule has 178 valence electrons. The van der Waals surface area contributed by atoms with Crippen LogP contribution in [0.4, 0.5) is 4.79 Å². The first-order chi connectivity index (χ1) is 16.5. The van der Waals surface area contributed by atoms with E-state index < -0.39 is 0 Å². The molecule has 0 aliphatic carbocycles. The number of carbonyl (C=O) groups excluding carboxylic acids is 1. The Labute approximate surface area is 202 Å². The average molecular weight is 459 g/mol. The van der Waals surface area contributed by atoms with E-state index in [0.29, 0.717) is 18.8 Å². The van der Waals surface area contributed by atoms with Gasteiger partial charge in [0.05, 0.1) is 0 Å². The van der Waals surface area contributed by atoms with Gasteiger partial charge in [-0.3, -0.25) is 14.9 Å². The molecule has 3 heterocycles. The van der Waals surface area contributed by atoms with Crippen molar-refractivity contribution in [3.8, 4) is 5.75 Å². The van der Waals surface area contributed by atoms with E-state index in [-0.39, 0.29) is 6.09 Å². The Hall–Kier alpha value is -3.25. The predicted molar refractivity (Wildman–Crippen MR) is 134 cm³/mol. The molecule has 1 aliphatic rings. The number of hydrogen-bond donors (Lipinski definition) is 0. The molecule has 6 nitrogen and oxygen atoms in total. The lowest BCUT2D eigenvalue weighted by atomic mass is 10.1. The summed E-state index contributed by atoms with van der Waals surface area (Å²) in [6.07, 6.45) is 7.39. The number of hydrogen-bond acceptors (Lipinski definition) is 5. The summed E-state index contributed by atoms with van der Waals surface area (Å²) in [5.41, 5.74) is 5.87. The van der Waals surface area contributed by atoms with Crippen molar-refractivity contribution >= 4 is 6.09 Å². The molecule has 1 amide bonds. The van der Waals surface area contributed by atoms with E-state index in [0.717, 1.165) is 56.7 Å². The lowest BCUT2D eigenvalue weighted by molar-refractivity contribution is 0.110. The van der Waals surface area contributed by atoms with Gasteiger partial charge in [0.1, 0.15) is 5.75 Å². The van der Waals surface area contributed by atoms with Gasteiger partial charge in [0, 0.05) is 50.0 Å². The third kappa shape index (κ3) is 7.12. The van der Waals surface area contributed by atoms with E-state index in [1.54, 1.807) is 4.90 Å². The molecular weight excluding hydrogens is 424 g/mol. The monoisotopic (exact) mass is 458 g/mol. The molecule has 1 fully saturated rings. The molecule has 1 saturated heterocycles. The summed E-state index contributed by atoms with van der Waals surface area (Å²) in [4.78, 5) is 25.7. The molecule has 1 aromatic carbocycles. The van der Waals surface area contributed by atoms with E-state index in [9.17, 15) is 4.79 Å².